The van der Waals surface area contributed by atoms with Crippen molar-refractivity contribution in [1.29, 1.82) is 0 Å². The van der Waals surface area contributed by atoms with Crippen LogP contribution < -0.4 is 21.3 Å². The van der Waals surface area contributed by atoms with Gasteiger partial charge in [-0.05, 0) is 31.7 Å². The minimum atomic E-state index is -4.89. The maximum absolute atomic E-state index is 13.1. The molecule has 1 aliphatic rings. The highest BCUT2D eigenvalue weighted by molar-refractivity contribution is 6.31. The number of hydroxylamine groups is 1. The molecule has 3 rings (SSSR count). The van der Waals surface area contributed by atoms with Crippen molar-refractivity contribution in [2.45, 2.75) is 44.6 Å². The zero-order valence-corrected chi connectivity index (χ0v) is 20.1. The fourth-order valence-corrected chi connectivity index (χ4v) is 4.07. The number of aromatic amines is 1. The zero-order chi connectivity index (χ0) is 27.4. The van der Waals surface area contributed by atoms with Crippen LogP contribution in [0.25, 0.3) is 0 Å². The van der Waals surface area contributed by atoms with Gasteiger partial charge >= 0.3 is 12.4 Å². The van der Waals surface area contributed by atoms with E-state index in [4.69, 9.17) is 16.4 Å². The number of aromatic nitrogens is 3. The number of nitrogens with zero attached hydrogens (tertiary/aromatic N) is 3. The number of halogens is 7. The molecule has 1 saturated heterocycles. The number of piperidine rings is 1. The average molecular weight is 557 g/mol. The molecule has 204 valence electrons. The number of anilines is 2. The van der Waals surface area contributed by atoms with Gasteiger partial charge in [0.25, 0.3) is 5.56 Å². The zero-order valence-electron chi connectivity index (χ0n) is 19.3. The fraction of sp³-hybridized carbons (Fsp3) is 0.524. The summed E-state index contributed by atoms with van der Waals surface area (Å²) in [4.78, 5) is 34.4. The van der Waals surface area contributed by atoms with Crippen molar-refractivity contribution in [3.63, 3.8) is 0 Å². The van der Waals surface area contributed by atoms with E-state index in [2.05, 4.69) is 20.9 Å². The maximum Gasteiger partial charge on any atom is 0.423 e. The second-order valence-electron chi connectivity index (χ2n) is 8.52. The summed E-state index contributed by atoms with van der Waals surface area (Å²) < 4.78 is 77.9. The topological polar surface area (TPSA) is 112 Å². The van der Waals surface area contributed by atoms with Gasteiger partial charge in [0.05, 0.1) is 29.1 Å². The Morgan fingerprint density at radius 3 is 2.49 bits per heavy atom. The number of hydrogen-bond donors (Lipinski definition) is 3. The highest BCUT2D eigenvalue weighted by atomic mass is 35.5. The lowest BCUT2D eigenvalue weighted by Crippen LogP contribution is -2.37. The number of nitrogens with one attached hydrogen (secondary N) is 3. The molecule has 2 aromatic heterocycles. The molecule has 1 amide bonds. The Hall–Kier alpha value is -3.07. The van der Waals surface area contributed by atoms with Crippen LogP contribution in [0.2, 0.25) is 5.02 Å². The number of rotatable bonds is 8. The van der Waals surface area contributed by atoms with Gasteiger partial charge in [-0.25, -0.2) is 15.6 Å². The molecule has 16 heteroatoms. The number of carbonyl (C=O) groups is 1. The van der Waals surface area contributed by atoms with E-state index >= 15 is 0 Å². The number of alkyl halides is 6. The lowest BCUT2D eigenvalue weighted by Gasteiger charge is -2.32. The van der Waals surface area contributed by atoms with Gasteiger partial charge in [-0.2, -0.15) is 31.4 Å². The van der Waals surface area contributed by atoms with E-state index in [0.717, 1.165) is 6.20 Å². The molecule has 0 aromatic carbocycles. The van der Waals surface area contributed by atoms with Crippen LogP contribution >= 0.6 is 11.6 Å². The van der Waals surface area contributed by atoms with E-state index in [1.165, 1.54) is 13.0 Å². The Labute approximate surface area is 211 Å². The first kappa shape index (κ1) is 28.5. The molecule has 1 atom stereocenters. The predicted molar refractivity (Wildman–Crippen MR) is 121 cm³/mol. The minimum Gasteiger partial charge on any atom is -0.378 e. The Kier molecular flexibility index (Phi) is 8.89. The molecule has 0 unspecified atom stereocenters. The summed E-state index contributed by atoms with van der Waals surface area (Å²) in [5, 5.41) is 7.14. The smallest absolute Gasteiger partial charge is 0.378 e. The van der Waals surface area contributed by atoms with E-state index in [-0.39, 0.29) is 18.9 Å². The average Bonchev–Trinajstić information content (AvgIpc) is 2.77. The van der Waals surface area contributed by atoms with Crippen LogP contribution in [0.3, 0.4) is 0 Å². The molecule has 0 aliphatic carbocycles. The van der Waals surface area contributed by atoms with Crippen molar-refractivity contribution >= 4 is 29.0 Å². The van der Waals surface area contributed by atoms with Crippen molar-refractivity contribution in [2.24, 2.45) is 5.92 Å². The van der Waals surface area contributed by atoms with Crippen molar-refractivity contribution in [2.75, 3.05) is 29.9 Å². The van der Waals surface area contributed by atoms with Gasteiger partial charge in [0.15, 0.2) is 0 Å². The summed E-state index contributed by atoms with van der Waals surface area (Å²) in [6, 6.07) is 0.455. The van der Waals surface area contributed by atoms with E-state index in [1.807, 2.05) is 0 Å². The van der Waals surface area contributed by atoms with E-state index in [9.17, 15) is 35.9 Å². The quantitative estimate of drug-likeness (QED) is 0.333. The lowest BCUT2D eigenvalue weighted by atomic mass is 9.93. The third-order valence-electron chi connectivity index (χ3n) is 5.62. The van der Waals surface area contributed by atoms with Gasteiger partial charge in [0, 0.05) is 31.7 Å². The predicted octanol–water partition coefficient (Wildman–Crippen LogP) is 4.01. The first-order valence-corrected chi connectivity index (χ1v) is 11.4. The van der Waals surface area contributed by atoms with Gasteiger partial charge in [-0.1, -0.05) is 11.6 Å². The highest BCUT2D eigenvalue weighted by Gasteiger charge is 2.37. The number of carbonyl (C=O) groups excluding carboxylic acids is 1. The monoisotopic (exact) mass is 556 g/mol. The third kappa shape index (κ3) is 7.71. The van der Waals surface area contributed by atoms with Crippen LogP contribution in [-0.2, 0) is 22.0 Å². The van der Waals surface area contributed by atoms with Gasteiger partial charge in [-0.3, -0.25) is 14.4 Å². The first-order valence-electron chi connectivity index (χ1n) is 11.1. The van der Waals surface area contributed by atoms with Gasteiger partial charge in [0.1, 0.15) is 11.4 Å². The van der Waals surface area contributed by atoms with Crippen molar-refractivity contribution < 1.29 is 36.0 Å². The van der Waals surface area contributed by atoms with Crippen LogP contribution in [0.4, 0.5) is 37.8 Å². The Morgan fingerprint density at radius 1 is 1.22 bits per heavy atom. The molecule has 9 nitrogen and oxygen atoms in total. The third-order valence-corrected chi connectivity index (χ3v) is 5.93. The van der Waals surface area contributed by atoms with Gasteiger partial charge < -0.3 is 10.2 Å². The van der Waals surface area contributed by atoms with Gasteiger partial charge in [0.2, 0.25) is 5.91 Å². The van der Waals surface area contributed by atoms with Gasteiger partial charge in [-0.15, -0.1) is 0 Å². The summed E-state index contributed by atoms with van der Waals surface area (Å²) in [7, 11) is 0. The van der Waals surface area contributed by atoms with Crippen LogP contribution in [0, 0.1) is 5.92 Å². The SMILES string of the molecule is C[C@@H](CONC(=O)CC1CCN(c2cc(Cl)c(C(F)(F)F)cn2)CC1)Nc1cn[nH]c(=O)c1C(F)(F)F. The largest absolute Gasteiger partial charge is 0.423 e. The van der Waals surface area contributed by atoms with Crippen LogP contribution in [0.5, 0.6) is 0 Å². The summed E-state index contributed by atoms with van der Waals surface area (Å²) in [5.74, 6) is -0.137. The van der Waals surface area contributed by atoms with E-state index < -0.39 is 51.7 Å². The molecule has 2 aromatic rings. The Morgan fingerprint density at radius 2 is 1.89 bits per heavy atom. The molecule has 37 heavy (non-hydrogen) atoms. The summed E-state index contributed by atoms with van der Waals surface area (Å²) in [6.45, 7) is 2.21. The Bertz CT molecular complexity index is 1150. The summed E-state index contributed by atoms with van der Waals surface area (Å²) in [6.07, 6.45) is -6.70. The van der Waals surface area contributed by atoms with Crippen LogP contribution in [0.1, 0.15) is 37.3 Å². The van der Waals surface area contributed by atoms with Crippen LogP contribution in [0.15, 0.2) is 23.3 Å². The lowest BCUT2D eigenvalue weighted by molar-refractivity contribution is -0.138. The van der Waals surface area contributed by atoms with Crippen LogP contribution in [-0.4, -0.2) is 46.8 Å². The molecule has 0 bridgehead atoms. The number of H-pyrrole nitrogens is 1. The maximum atomic E-state index is 13.1. The molecule has 1 aliphatic heterocycles. The minimum absolute atomic E-state index is 0.0169. The first-order chi connectivity index (χ1) is 17.3. The van der Waals surface area contributed by atoms with Crippen molar-refractivity contribution in [1.82, 2.24) is 20.7 Å². The molecular formula is C21H23ClF6N6O3. The molecule has 3 heterocycles. The molecule has 0 radical (unpaired) electrons. The fourth-order valence-electron chi connectivity index (χ4n) is 3.82. The molecule has 1 fully saturated rings. The van der Waals surface area contributed by atoms with E-state index in [0.29, 0.717) is 37.9 Å². The number of amides is 1. The second-order valence-corrected chi connectivity index (χ2v) is 8.93. The molecule has 0 saturated carbocycles. The normalized spacial score (nSPS) is 15.9. The standard InChI is InChI=1S/C21H23ClF6N6O3/c1-11(31-15-9-30-32-19(36)18(15)21(26,27)28)10-37-33-17(35)6-12-2-4-34(5-3-12)16-7-14(22)13(8-29-16)20(23,24)25/h7-9,11-12H,2-6,10H2,1H3,(H,33,35)(H2,31,32,36)/t11-/m0/s1. The second kappa shape index (κ2) is 11.5. The number of pyridine rings is 1. The van der Waals surface area contributed by atoms with Crippen molar-refractivity contribution in [3.05, 3.63) is 45.0 Å². The molecular weight excluding hydrogens is 534 g/mol. The highest BCUT2D eigenvalue weighted by Crippen LogP contribution is 2.36. The molecule has 0 spiro atoms. The summed E-state index contributed by atoms with van der Waals surface area (Å²) >= 11 is 5.75. The number of hydrogen-bond acceptors (Lipinski definition) is 7. The summed E-state index contributed by atoms with van der Waals surface area (Å²) in [5.41, 5.74) is -2.10. The Balaban J connectivity index is 1.42. The molecule has 3 N–H and O–H groups in total. The van der Waals surface area contributed by atoms with E-state index in [1.54, 1.807) is 10.00 Å². The van der Waals surface area contributed by atoms with Crippen molar-refractivity contribution in [3.8, 4) is 0 Å².